The summed E-state index contributed by atoms with van der Waals surface area (Å²) in [7, 11) is -4.68. The lowest BCUT2D eigenvalue weighted by Gasteiger charge is -2.07. The van der Waals surface area contributed by atoms with Crippen molar-refractivity contribution in [2.24, 2.45) is 11.1 Å². The van der Waals surface area contributed by atoms with E-state index in [1.165, 1.54) is 12.1 Å². The Hall–Kier alpha value is -2.29. The third-order valence-corrected chi connectivity index (χ3v) is 5.02. The van der Waals surface area contributed by atoms with Gasteiger partial charge in [-0.1, -0.05) is 22.4 Å². The van der Waals surface area contributed by atoms with E-state index in [1.807, 2.05) is 0 Å². The van der Waals surface area contributed by atoms with E-state index in [0.29, 0.717) is 11.1 Å². The van der Waals surface area contributed by atoms with Crippen LogP contribution in [0, 0.1) is 18.7 Å². The SMILES string of the molecule is [2H]C1([2H])CC(Cc2nonc2C(Cc2ccc(F)c(C)c2)=NO)C([2H])([2H])S1(=O)=O. The second-order valence-electron chi connectivity index (χ2n) is 5.74. The van der Waals surface area contributed by atoms with Crippen LogP contribution in [0.25, 0.3) is 0 Å². The van der Waals surface area contributed by atoms with Crippen LogP contribution in [-0.4, -0.2) is 41.1 Å². The van der Waals surface area contributed by atoms with Crippen molar-refractivity contribution in [1.82, 2.24) is 10.3 Å². The van der Waals surface area contributed by atoms with Crippen molar-refractivity contribution < 1.29 is 28.1 Å². The molecule has 7 nitrogen and oxygen atoms in total. The molecule has 3 rings (SSSR count). The van der Waals surface area contributed by atoms with Crippen LogP contribution in [0.3, 0.4) is 0 Å². The number of rotatable bonds is 5. The molecular formula is C16H18FN3O4S. The van der Waals surface area contributed by atoms with Gasteiger partial charge in [0.1, 0.15) is 17.2 Å². The van der Waals surface area contributed by atoms with E-state index in [2.05, 4.69) is 20.1 Å². The summed E-state index contributed by atoms with van der Waals surface area (Å²) in [6.07, 6.45) is -0.807. The Morgan fingerprint density at radius 1 is 1.52 bits per heavy atom. The Morgan fingerprint density at radius 2 is 2.32 bits per heavy atom. The summed E-state index contributed by atoms with van der Waals surface area (Å²) in [6.45, 7) is 1.58. The molecule has 1 aliphatic rings. The second-order valence-corrected chi connectivity index (χ2v) is 7.27. The summed E-state index contributed by atoms with van der Waals surface area (Å²) < 4.78 is 73.5. The van der Waals surface area contributed by atoms with Gasteiger partial charge in [-0.05, 0) is 48.0 Å². The Morgan fingerprint density at radius 3 is 2.96 bits per heavy atom. The average molecular weight is 371 g/mol. The fourth-order valence-electron chi connectivity index (χ4n) is 2.60. The fraction of sp³-hybridized carbons (Fsp3) is 0.438. The molecule has 1 fully saturated rings. The molecule has 25 heavy (non-hydrogen) atoms. The third kappa shape index (κ3) is 4.04. The summed E-state index contributed by atoms with van der Waals surface area (Å²) in [6, 6.07) is 4.32. The lowest BCUT2D eigenvalue weighted by Crippen LogP contribution is -2.13. The first-order valence-electron chi connectivity index (χ1n) is 9.42. The lowest BCUT2D eigenvalue weighted by atomic mass is 9.98. The van der Waals surface area contributed by atoms with Crippen LogP contribution in [0.4, 0.5) is 4.39 Å². The molecule has 0 aliphatic carbocycles. The van der Waals surface area contributed by atoms with Crippen molar-refractivity contribution in [1.29, 1.82) is 0 Å². The van der Waals surface area contributed by atoms with Crippen LogP contribution >= 0.6 is 0 Å². The number of halogens is 1. The maximum atomic E-state index is 13.4. The van der Waals surface area contributed by atoms with Gasteiger partial charge in [0.15, 0.2) is 15.5 Å². The number of sulfone groups is 1. The van der Waals surface area contributed by atoms with E-state index in [0.717, 1.165) is 0 Å². The molecule has 9 heteroatoms. The molecule has 1 aromatic heterocycles. The molecule has 1 atom stereocenters. The van der Waals surface area contributed by atoms with Crippen molar-refractivity contribution in [3.63, 3.8) is 0 Å². The van der Waals surface area contributed by atoms with E-state index >= 15 is 0 Å². The van der Waals surface area contributed by atoms with Gasteiger partial charge in [-0.2, -0.15) is 0 Å². The quantitative estimate of drug-likeness (QED) is 0.489. The molecule has 1 aliphatic heterocycles. The van der Waals surface area contributed by atoms with E-state index in [1.54, 1.807) is 13.0 Å². The van der Waals surface area contributed by atoms with Gasteiger partial charge in [0.05, 0.1) is 11.4 Å². The minimum Gasteiger partial charge on any atom is -0.411 e. The molecule has 2 heterocycles. The van der Waals surface area contributed by atoms with Gasteiger partial charge in [-0.25, -0.2) is 17.4 Å². The van der Waals surface area contributed by atoms with Crippen molar-refractivity contribution in [2.75, 3.05) is 11.4 Å². The molecule has 0 amide bonds. The normalized spacial score (nSPS) is 26.5. The first-order chi connectivity index (χ1) is 13.4. The number of aromatic nitrogens is 2. The zero-order valence-corrected chi connectivity index (χ0v) is 14.0. The Labute approximate surface area is 150 Å². The fourth-order valence-corrected chi connectivity index (χ4v) is 3.71. The van der Waals surface area contributed by atoms with Gasteiger partial charge in [0, 0.05) is 11.9 Å². The van der Waals surface area contributed by atoms with Crippen LogP contribution in [0.15, 0.2) is 28.0 Å². The zero-order valence-electron chi connectivity index (χ0n) is 17.2. The minimum atomic E-state index is -4.68. The van der Waals surface area contributed by atoms with Gasteiger partial charge >= 0.3 is 0 Å². The number of aryl methyl sites for hydroxylation is 1. The van der Waals surface area contributed by atoms with E-state index in [-0.39, 0.29) is 35.8 Å². The number of benzene rings is 1. The summed E-state index contributed by atoms with van der Waals surface area (Å²) in [5.41, 5.74) is -4.47. The van der Waals surface area contributed by atoms with Crippen molar-refractivity contribution in [3.05, 3.63) is 46.5 Å². The van der Waals surface area contributed by atoms with Crippen LogP contribution in [0.5, 0.6) is 0 Å². The molecule has 134 valence electrons. The highest BCUT2D eigenvalue weighted by Crippen LogP contribution is 2.23. The van der Waals surface area contributed by atoms with Gasteiger partial charge < -0.3 is 5.21 Å². The first kappa shape index (κ1) is 13.0. The Bertz CT molecular complexity index is 1070. The Kier molecular flexibility index (Phi) is 3.59. The van der Waals surface area contributed by atoms with Crippen molar-refractivity contribution >= 4 is 15.5 Å². The number of hydrogen-bond acceptors (Lipinski definition) is 7. The van der Waals surface area contributed by atoms with Crippen LogP contribution in [0.2, 0.25) is 0 Å². The molecule has 0 spiro atoms. The van der Waals surface area contributed by atoms with Gasteiger partial charge in [0.2, 0.25) is 0 Å². The summed E-state index contributed by atoms with van der Waals surface area (Å²) >= 11 is 0. The van der Waals surface area contributed by atoms with Crippen LogP contribution in [0.1, 0.15) is 34.4 Å². The van der Waals surface area contributed by atoms with E-state index in [4.69, 9.17) is 5.48 Å². The predicted octanol–water partition coefficient (Wildman–Crippen LogP) is 1.92. The highest BCUT2D eigenvalue weighted by molar-refractivity contribution is 7.91. The summed E-state index contributed by atoms with van der Waals surface area (Å²) in [4.78, 5) is 0. The van der Waals surface area contributed by atoms with Crippen LogP contribution < -0.4 is 0 Å². The minimum absolute atomic E-state index is 0.00450. The molecule has 2 aromatic rings. The topological polar surface area (TPSA) is 106 Å². The summed E-state index contributed by atoms with van der Waals surface area (Å²) in [5, 5.41) is 19.9. The zero-order chi connectivity index (χ0) is 21.6. The Balaban J connectivity index is 1.88. The van der Waals surface area contributed by atoms with E-state index in [9.17, 15) is 18.0 Å². The largest absolute Gasteiger partial charge is 0.411 e. The lowest BCUT2D eigenvalue weighted by molar-refractivity contribution is 0.299. The standard InChI is InChI=1S/C16H18FN3O4S/c1-10-6-11(2-3-13(10)17)7-14(18-21)16-15(19-24-20-16)8-12-4-5-25(22,23)9-12/h2-3,6,12,21H,4-5,7-9H2,1H3/i5D2,9D2. The molecule has 0 bridgehead atoms. The molecule has 0 radical (unpaired) electrons. The van der Waals surface area contributed by atoms with E-state index < -0.39 is 33.6 Å². The van der Waals surface area contributed by atoms with Crippen LogP contribution in [-0.2, 0) is 22.7 Å². The molecular weight excluding hydrogens is 349 g/mol. The monoisotopic (exact) mass is 371 g/mol. The average Bonchev–Trinajstić information content (AvgIpc) is 3.13. The van der Waals surface area contributed by atoms with Gasteiger partial charge in [-0.3, -0.25) is 0 Å². The highest BCUT2D eigenvalue weighted by Gasteiger charge is 2.30. The highest BCUT2D eigenvalue weighted by atomic mass is 32.2. The molecule has 1 N–H and O–H groups in total. The second kappa shape index (κ2) is 6.91. The predicted molar refractivity (Wildman–Crippen MR) is 87.9 cm³/mol. The molecule has 1 saturated heterocycles. The number of hydrogen-bond donors (Lipinski definition) is 1. The molecule has 1 unspecified atom stereocenters. The molecule has 0 saturated carbocycles. The molecule has 1 aromatic carbocycles. The number of nitrogens with zero attached hydrogens (tertiary/aromatic N) is 3. The maximum absolute atomic E-state index is 13.4. The first-order valence-corrected chi connectivity index (χ1v) is 8.91. The van der Waals surface area contributed by atoms with Crippen molar-refractivity contribution in [3.8, 4) is 0 Å². The van der Waals surface area contributed by atoms with Gasteiger partial charge in [0.25, 0.3) is 0 Å². The third-order valence-electron chi connectivity index (χ3n) is 3.83. The maximum Gasteiger partial charge on any atom is 0.156 e. The smallest absolute Gasteiger partial charge is 0.156 e. The number of oxime groups is 1. The van der Waals surface area contributed by atoms with Crippen molar-refractivity contribution in [2.45, 2.75) is 26.2 Å². The summed E-state index contributed by atoms with van der Waals surface area (Å²) in [5.74, 6) is -1.62. The van der Waals surface area contributed by atoms with Gasteiger partial charge in [-0.15, -0.1) is 0 Å².